The van der Waals surface area contributed by atoms with Gasteiger partial charge in [0.15, 0.2) is 0 Å². The third-order valence-electron chi connectivity index (χ3n) is 2.74. The van der Waals surface area contributed by atoms with E-state index in [1.165, 1.54) is 7.11 Å². The normalized spacial score (nSPS) is 10.2. The monoisotopic (exact) mass is 261 g/mol. The van der Waals surface area contributed by atoms with E-state index in [1.54, 1.807) is 18.3 Å². The van der Waals surface area contributed by atoms with Crippen LogP contribution in [-0.4, -0.2) is 18.1 Å². The van der Waals surface area contributed by atoms with Gasteiger partial charge in [-0.25, -0.2) is 4.79 Å². The fourth-order valence-corrected chi connectivity index (χ4v) is 2.14. The number of esters is 1. The number of rotatable bonds is 2. The van der Waals surface area contributed by atoms with E-state index in [1.807, 2.05) is 25.1 Å². The van der Waals surface area contributed by atoms with Gasteiger partial charge < -0.3 is 4.74 Å². The van der Waals surface area contributed by atoms with E-state index < -0.39 is 0 Å². The summed E-state index contributed by atoms with van der Waals surface area (Å²) in [7, 11) is 1.36. The number of hydrogen-bond acceptors (Lipinski definition) is 3. The van der Waals surface area contributed by atoms with Crippen LogP contribution in [0.3, 0.4) is 0 Å². The third kappa shape index (κ3) is 2.22. The number of halogens is 1. The Bertz CT molecular complexity index is 582. The van der Waals surface area contributed by atoms with Gasteiger partial charge in [-0.05, 0) is 36.8 Å². The second-order valence-corrected chi connectivity index (χ2v) is 4.21. The quantitative estimate of drug-likeness (QED) is 0.777. The molecular weight excluding hydrogens is 250 g/mol. The second-order valence-electron chi connectivity index (χ2n) is 3.80. The Morgan fingerprint density at radius 3 is 2.67 bits per heavy atom. The molecule has 0 aliphatic carbocycles. The van der Waals surface area contributed by atoms with Gasteiger partial charge >= 0.3 is 5.97 Å². The average Bonchev–Trinajstić information content (AvgIpc) is 2.39. The molecule has 92 valence electrons. The molecule has 0 saturated carbocycles. The fourth-order valence-electron chi connectivity index (χ4n) is 1.83. The number of pyridine rings is 1. The molecule has 0 unspecified atom stereocenters. The molecule has 0 saturated heterocycles. The van der Waals surface area contributed by atoms with Gasteiger partial charge in [-0.15, -0.1) is 0 Å². The Labute approximate surface area is 110 Å². The predicted molar refractivity (Wildman–Crippen MR) is 70.8 cm³/mol. The Morgan fingerprint density at radius 1 is 1.28 bits per heavy atom. The van der Waals surface area contributed by atoms with Gasteiger partial charge in [0.1, 0.15) is 0 Å². The molecule has 0 spiro atoms. The molecule has 4 heteroatoms. The van der Waals surface area contributed by atoms with Crippen molar-refractivity contribution in [3.05, 3.63) is 52.7 Å². The Hall–Kier alpha value is -1.87. The SMILES string of the molecule is COC(=O)c1ccc(Cl)c(-c2ccccn2)c1C. The topological polar surface area (TPSA) is 39.2 Å². The minimum atomic E-state index is -0.374. The zero-order valence-corrected chi connectivity index (χ0v) is 10.9. The Kier molecular flexibility index (Phi) is 3.63. The summed E-state index contributed by atoms with van der Waals surface area (Å²) in [6, 6.07) is 8.91. The largest absolute Gasteiger partial charge is 0.465 e. The molecule has 0 fully saturated rings. The van der Waals surface area contributed by atoms with Crippen molar-refractivity contribution < 1.29 is 9.53 Å². The number of carbonyl (C=O) groups is 1. The van der Waals surface area contributed by atoms with E-state index in [4.69, 9.17) is 16.3 Å². The molecule has 2 aromatic rings. The van der Waals surface area contributed by atoms with Crippen molar-refractivity contribution in [3.63, 3.8) is 0 Å². The van der Waals surface area contributed by atoms with Crippen molar-refractivity contribution in [1.29, 1.82) is 0 Å². The summed E-state index contributed by atoms with van der Waals surface area (Å²) < 4.78 is 4.75. The molecule has 3 nitrogen and oxygen atoms in total. The number of nitrogens with zero attached hydrogens (tertiary/aromatic N) is 1. The summed E-state index contributed by atoms with van der Waals surface area (Å²) in [4.78, 5) is 15.9. The first-order valence-corrected chi connectivity index (χ1v) is 5.81. The first-order chi connectivity index (χ1) is 8.65. The van der Waals surface area contributed by atoms with Gasteiger partial charge in [0.05, 0.1) is 23.4 Å². The van der Waals surface area contributed by atoms with Gasteiger partial charge in [-0.1, -0.05) is 17.7 Å². The molecule has 0 amide bonds. The Balaban J connectivity index is 2.64. The maximum Gasteiger partial charge on any atom is 0.338 e. The first kappa shape index (κ1) is 12.6. The third-order valence-corrected chi connectivity index (χ3v) is 3.06. The molecule has 1 aromatic carbocycles. The second kappa shape index (κ2) is 5.19. The van der Waals surface area contributed by atoms with Crippen LogP contribution in [0.4, 0.5) is 0 Å². The molecule has 0 N–H and O–H groups in total. The number of methoxy groups -OCH3 is 1. The summed E-state index contributed by atoms with van der Waals surface area (Å²) in [5.74, 6) is -0.374. The first-order valence-electron chi connectivity index (χ1n) is 5.44. The molecule has 0 atom stereocenters. The number of benzene rings is 1. The van der Waals surface area contributed by atoms with Crippen molar-refractivity contribution >= 4 is 17.6 Å². The average molecular weight is 262 g/mol. The van der Waals surface area contributed by atoms with E-state index in [-0.39, 0.29) is 5.97 Å². The van der Waals surface area contributed by atoms with E-state index in [2.05, 4.69) is 4.98 Å². The van der Waals surface area contributed by atoms with Crippen molar-refractivity contribution in [1.82, 2.24) is 4.98 Å². The molecule has 18 heavy (non-hydrogen) atoms. The van der Waals surface area contributed by atoms with Crippen LogP contribution in [-0.2, 0) is 4.74 Å². The van der Waals surface area contributed by atoms with Crippen molar-refractivity contribution in [2.24, 2.45) is 0 Å². The van der Waals surface area contributed by atoms with Gasteiger partial charge in [0.2, 0.25) is 0 Å². The lowest BCUT2D eigenvalue weighted by Gasteiger charge is -2.11. The van der Waals surface area contributed by atoms with E-state index in [0.717, 1.165) is 16.8 Å². The van der Waals surface area contributed by atoms with Crippen LogP contribution in [0.2, 0.25) is 5.02 Å². The van der Waals surface area contributed by atoms with Crippen LogP contribution >= 0.6 is 11.6 Å². The van der Waals surface area contributed by atoms with E-state index in [9.17, 15) is 4.79 Å². The molecule has 0 aliphatic heterocycles. The lowest BCUT2D eigenvalue weighted by molar-refractivity contribution is 0.0600. The maximum absolute atomic E-state index is 11.6. The molecule has 0 aliphatic rings. The zero-order chi connectivity index (χ0) is 13.1. The standard InChI is InChI=1S/C14H12ClNO2/c1-9-10(14(17)18-2)6-7-11(15)13(9)12-5-3-4-8-16-12/h3-8H,1-2H3. The summed E-state index contributed by atoms with van der Waals surface area (Å²) in [6.45, 7) is 1.84. The summed E-state index contributed by atoms with van der Waals surface area (Å²) >= 11 is 6.19. The van der Waals surface area contributed by atoms with Crippen molar-refractivity contribution in [2.45, 2.75) is 6.92 Å². The highest BCUT2D eigenvalue weighted by atomic mass is 35.5. The molecule has 2 rings (SSSR count). The summed E-state index contributed by atoms with van der Waals surface area (Å²) in [5.41, 5.74) is 2.78. The van der Waals surface area contributed by atoms with Crippen LogP contribution < -0.4 is 0 Å². The molecule has 1 aromatic heterocycles. The van der Waals surface area contributed by atoms with Crippen LogP contribution in [0.1, 0.15) is 15.9 Å². The summed E-state index contributed by atoms with van der Waals surface area (Å²) in [6.07, 6.45) is 1.69. The zero-order valence-electron chi connectivity index (χ0n) is 10.1. The van der Waals surface area contributed by atoms with Crippen molar-refractivity contribution in [3.8, 4) is 11.3 Å². The minimum Gasteiger partial charge on any atom is -0.465 e. The molecule has 0 bridgehead atoms. The lowest BCUT2D eigenvalue weighted by atomic mass is 9.99. The highest BCUT2D eigenvalue weighted by molar-refractivity contribution is 6.33. The fraction of sp³-hybridized carbons (Fsp3) is 0.143. The smallest absolute Gasteiger partial charge is 0.338 e. The highest BCUT2D eigenvalue weighted by Gasteiger charge is 2.16. The maximum atomic E-state index is 11.6. The number of aromatic nitrogens is 1. The van der Waals surface area contributed by atoms with Gasteiger partial charge in [-0.2, -0.15) is 0 Å². The lowest BCUT2D eigenvalue weighted by Crippen LogP contribution is -2.05. The minimum absolute atomic E-state index is 0.374. The molecule has 1 heterocycles. The highest BCUT2D eigenvalue weighted by Crippen LogP contribution is 2.31. The Morgan fingerprint density at radius 2 is 2.06 bits per heavy atom. The summed E-state index contributed by atoms with van der Waals surface area (Å²) in [5, 5.41) is 0.568. The molecular formula is C14H12ClNO2. The molecule has 0 radical (unpaired) electrons. The predicted octanol–water partition coefficient (Wildman–Crippen LogP) is 3.50. The van der Waals surface area contributed by atoms with Gasteiger partial charge in [-0.3, -0.25) is 4.98 Å². The van der Waals surface area contributed by atoms with Crippen LogP contribution in [0, 0.1) is 6.92 Å². The van der Waals surface area contributed by atoms with Crippen LogP contribution in [0.25, 0.3) is 11.3 Å². The number of hydrogen-bond donors (Lipinski definition) is 0. The van der Waals surface area contributed by atoms with Gasteiger partial charge in [0, 0.05) is 11.8 Å². The number of carbonyl (C=O) groups excluding carboxylic acids is 1. The number of ether oxygens (including phenoxy) is 1. The van der Waals surface area contributed by atoms with E-state index in [0.29, 0.717) is 10.6 Å². The van der Waals surface area contributed by atoms with E-state index >= 15 is 0 Å². The van der Waals surface area contributed by atoms with Crippen molar-refractivity contribution in [2.75, 3.05) is 7.11 Å². The van der Waals surface area contributed by atoms with Gasteiger partial charge in [0.25, 0.3) is 0 Å². The van der Waals surface area contributed by atoms with Crippen LogP contribution in [0.5, 0.6) is 0 Å². The van der Waals surface area contributed by atoms with Crippen LogP contribution in [0.15, 0.2) is 36.5 Å².